The fraction of sp³-hybridized carbons (Fsp3) is 0.160. The number of carbonyl (C=O) groups is 1. The summed E-state index contributed by atoms with van der Waals surface area (Å²) in [6, 6.07) is 14.1. The van der Waals surface area contributed by atoms with Gasteiger partial charge in [0.25, 0.3) is 5.91 Å². The van der Waals surface area contributed by atoms with Crippen molar-refractivity contribution in [2.75, 3.05) is 7.11 Å². The van der Waals surface area contributed by atoms with Gasteiger partial charge in [0.1, 0.15) is 11.6 Å². The second-order valence-electron chi connectivity index (χ2n) is 7.75. The molecule has 3 heterocycles. The Balaban J connectivity index is 1.41. The number of nitrogens with one attached hydrogen (secondary N) is 2. The number of fused-ring (bicyclic) bond motifs is 1. The van der Waals surface area contributed by atoms with Crippen LogP contribution in [0.4, 0.5) is 0 Å². The number of imidazole rings is 1. The topological polar surface area (TPSA) is 139 Å². The normalized spacial score (nSPS) is 11.0. The van der Waals surface area contributed by atoms with Crippen molar-refractivity contribution < 1.29 is 19.2 Å². The van der Waals surface area contributed by atoms with Gasteiger partial charge in [-0.25, -0.2) is 9.97 Å². The van der Waals surface area contributed by atoms with Crippen molar-refractivity contribution in [1.29, 1.82) is 0 Å². The molecule has 0 radical (unpaired) electrons. The zero-order valence-electron chi connectivity index (χ0n) is 19.1. The Bertz CT molecular complexity index is 1520. The molecule has 35 heavy (non-hydrogen) atoms. The quantitative estimate of drug-likeness (QED) is 0.326. The number of aryl methyl sites for hydroxylation is 1. The molecule has 10 heteroatoms. The first-order chi connectivity index (χ1) is 17.1. The van der Waals surface area contributed by atoms with Crippen molar-refractivity contribution in [3.8, 4) is 34.1 Å². The van der Waals surface area contributed by atoms with E-state index in [0.717, 1.165) is 16.6 Å². The average molecular weight is 470 g/mol. The van der Waals surface area contributed by atoms with Crippen LogP contribution in [0.15, 0.2) is 59.3 Å². The third-order valence-electron chi connectivity index (χ3n) is 5.50. The molecule has 2 aromatic carbocycles. The first-order valence-electron chi connectivity index (χ1n) is 11.0. The van der Waals surface area contributed by atoms with Crippen molar-refractivity contribution in [1.82, 2.24) is 30.4 Å². The smallest absolute Gasteiger partial charge is 0.251 e. The van der Waals surface area contributed by atoms with Crippen LogP contribution in [0.5, 0.6) is 11.6 Å². The van der Waals surface area contributed by atoms with Crippen molar-refractivity contribution in [2.45, 2.75) is 19.9 Å². The maximum atomic E-state index is 12.6. The van der Waals surface area contributed by atoms with Gasteiger partial charge in [-0.3, -0.25) is 4.79 Å². The molecule has 0 bridgehead atoms. The van der Waals surface area contributed by atoms with Gasteiger partial charge >= 0.3 is 0 Å². The molecule has 0 aliphatic rings. The van der Waals surface area contributed by atoms with E-state index in [9.17, 15) is 9.90 Å². The first-order valence-corrected chi connectivity index (χ1v) is 11.0. The van der Waals surface area contributed by atoms with Crippen molar-refractivity contribution >= 4 is 16.9 Å². The summed E-state index contributed by atoms with van der Waals surface area (Å²) in [5.41, 5.74) is 3.86. The van der Waals surface area contributed by atoms with E-state index < -0.39 is 0 Å². The second-order valence-corrected chi connectivity index (χ2v) is 7.75. The van der Waals surface area contributed by atoms with Crippen LogP contribution in [0.1, 0.15) is 29.0 Å². The molecule has 5 rings (SSSR count). The number of phenolic OH excluding ortho intramolecular Hbond substituents is 1. The summed E-state index contributed by atoms with van der Waals surface area (Å²) < 4.78 is 10.5. The van der Waals surface area contributed by atoms with E-state index in [1.54, 1.807) is 43.6 Å². The number of benzene rings is 2. The maximum absolute atomic E-state index is 12.6. The predicted octanol–water partition coefficient (Wildman–Crippen LogP) is 3.88. The fourth-order valence-corrected chi connectivity index (χ4v) is 3.70. The Morgan fingerprint density at radius 3 is 2.83 bits per heavy atom. The second kappa shape index (κ2) is 9.26. The van der Waals surface area contributed by atoms with Crippen LogP contribution in [-0.2, 0) is 13.0 Å². The Hall–Kier alpha value is -4.73. The van der Waals surface area contributed by atoms with E-state index in [1.165, 1.54) is 0 Å². The van der Waals surface area contributed by atoms with Crippen molar-refractivity contribution in [2.24, 2.45) is 0 Å². The molecular weight excluding hydrogens is 448 g/mol. The highest BCUT2D eigenvalue weighted by atomic mass is 16.5. The summed E-state index contributed by atoms with van der Waals surface area (Å²) in [5, 5.41) is 17.1. The lowest BCUT2D eigenvalue weighted by Gasteiger charge is -2.09. The molecule has 0 aliphatic heterocycles. The minimum Gasteiger partial charge on any atom is -0.507 e. The Morgan fingerprint density at radius 1 is 1.14 bits per heavy atom. The first kappa shape index (κ1) is 22.1. The number of aromatic hydroxyl groups is 1. The van der Waals surface area contributed by atoms with Crippen molar-refractivity contribution in [3.05, 3.63) is 72.0 Å². The monoisotopic (exact) mass is 470 g/mol. The van der Waals surface area contributed by atoms with Crippen LogP contribution in [0, 0.1) is 0 Å². The van der Waals surface area contributed by atoms with Gasteiger partial charge in [-0.2, -0.15) is 4.98 Å². The van der Waals surface area contributed by atoms with Gasteiger partial charge < -0.3 is 24.7 Å². The molecule has 10 nitrogen and oxygen atoms in total. The van der Waals surface area contributed by atoms with Crippen LogP contribution < -0.4 is 10.1 Å². The number of nitrogens with zero attached hydrogens (tertiary/aromatic N) is 4. The molecule has 0 aliphatic carbocycles. The number of hydrogen-bond acceptors (Lipinski definition) is 8. The van der Waals surface area contributed by atoms with Gasteiger partial charge in [-0.15, -0.1) is 0 Å². The number of aromatic nitrogens is 5. The Kier molecular flexibility index (Phi) is 5.84. The molecule has 0 unspecified atom stereocenters. The molecular formula is C25H22N6O4. The summed E-state index contributed by atoms with van der Waals surface area (Å²) >= 11 is 0. The van der Waals surface area contributed by atoms with E-state index in [0.29, 0.717) is 46.5 Å². The maximum Gasteiger partial charge on any atom is 0.251 e. The van der Waals surface area contributed by atoms with Gasteiger partial charge in [0, 0.05) is 23.7 Å². The SMILES string of the molecule is CCc1noc(CNC(=O)c2ccc3[nH]c(-c4cc(-c5cccnc5OC)ccc4O)nc3c2)n1. The molecule has 3 N–H and O–H groups in total. The lowest BCUT2D eigenvalue weighted by Crippen LogP contribution is -2.22. The summed E-state index contributed by atoms with van der Waals surface area (Å²) in [4.78, 5) is 28.9. The molecule has 5 aromatic rings. The summed E-state index contributed by atoms with van der Waals surface area (Å²) in [6.07, 6.45) is 2.31. The number of phenols is 1. The Morgan fingerprint density at radius 2 is 2.03 bits per heavy atom. The van der Waals surface area contributed by atoms with E-state index in [2.05, 4.69) is 30.4 Å². The number of hydrogen-bond donors (Lipinski definition) is 3. The van der Waals surface area contributed by atoms with E-state index in [-0.39, 0.29) is 18.2 Å². The van der Waals surface area contributed by atoms with Gasteiger partial charge in [-0.05, 0) is 48.0 Å². The summed E-state index contributed by atoms with van der Waals surface area (Å²) in [5.74, 6) is 1.67. The number of pyridine rings is 1. The standard InChI is InChI=1S/C25H22N6O4/c1-3-21-30-22(35-31-21)13-27-24(33)15-6-8-18-19(12-15)29-23(28-18)17-11-14(7-9-20(17)32)16-5-4-10-26-25(16)34-2/h4-12,32H,3,13H2,1-2H3,(H,27,33)(H,28,29). The third kappa shape index (κ3) is 4.41. The van der Waals surface area contributed by atoms with Crippen LogP contribution >= 0.6 is 0 Å². The zero-order valence-corrected chi connectivity index (χ0v) is 19.1. The summed E-state index contributed by atoms with van der Waals surface area (Å²) in [6.45, 7) is 2.06. The molecule has 0 saturated heterocycles. The highest BCUT2D eigenvalue weighted by molar-refractivity contribution is 5.97. The lowest BCUT2D eigenvalue weighted by atomic mass is 10.0. The third-order valence-corrected chi connectivity index (χ3v) is 5.50. The molecule has 0 atom stereocenters. The number of amides is 1. The number of rotatable bonds is 7. The number of H-pyrrole nitrogens is 1. The summed E-state index contributed by atoms with van der Waals surface area (Å²) in [7, 11) is 1.56. The Labute approximate surface area is 200 Å². The molecule has 0 saturated carbocycles. The highest BCUT2D eigenvalue weighted by Gasteiger charge is 2.15. The minimum atomic E-state index is -0.291. The molecule has 3 aromatic heterocycles. The zero-order chi connectivity index (χ0) is 24.4. The van der Waals surface area contributed by atoms with E-state index >= 15 is 0 Å². The van der Waals surface area contributed by atoms with Gasteiger partial charge in [0.2, 0.25) is 11.8 Å². The number of aromatic amines is 1. The van der Waals surface area contributed by atoms with Crippen LogP contribution in [0.2, 0.25) is 0 Å². The molecule has 0 fully saturated rings. The van der Waals surface area contributed by atoms with Crippen LogP contribution in [0.25, 0.3) is 33.5 Å². The van der Waals surface area contributed by atoms with Gasteiger partial charge in [0.05, 0.1) is 30.3 Å². The van der Waals surface area contributed by atoms with E-state index in [1.807, 2.05) is 25.1 Å². The minimum absolute atomic E-state index is 0.0691. The fourth-order valence-electron chi connectivity index (χ4n) is 3.70. The molecule has 176 valence electrons. The van der Waals surface area contributed by atoms with E-state index in [4.69, 9.17) is 9.26 Å². The molecule has 0 spiro atoms. The molecule has 1 amide bonds. The number of carbonyl (C=O) groups excluding carboxylic acids is 1. The van der Waals surface area contributed by atoms with Gasteiger partial charge in [-0.1, -0.05) is 18.1 Å². The largest absolute Gasteiger partial charge is 0.507 e. The highest BCUT2D eigenvalue weighted by Crippen LogP contribution is 2.35. The van der Waals surface area contributed by atoms with Gasteiger partial charge in [0.15, 0.2) is 5.82 Å². The van der Waals surface area contributed by atoms with Crippen molar-refractivity contribution in [3.63, 3.8) is 0 Å². The van der Waals surface area contributed by atoms with Crippen LogP contribution in [-0.4, -0.2) is 43.2 Å². The average Bonchev–Trinajstić information content (AvgIpc) is 3.54. The lowest BCUT2D eigenvalue weighted by molar-refractivity contribution is 0.0946. The number of ether oxygens (including phenoxy) is 1. The number of methoxy groups -OCH3 is 1. The van der Waals surface area contributed by atoms with Crippen LogP contribution in [0.3, 0.4) is 0 Å². The predicted molar refractivity (Wildman–Crippen MR) is 128 cm³/mol.